The van der Waals surface area contributed by atoms with Crippen molar-refractivity contribution in [1.82, 2.24) is 0 Å². The van der Waals surface area contributed by atoms with Gasteiger partial charge in [-0.25, -0.2) is 9.59 Å². The van der Waals surface area contributed by atoms with Crippen LogP contribution in [0.5, 0.6) is 0 Å². The van der Waals surface area contributed by atoms with Crippen LogP contribution in [0.1, 0.15) is 6.92 Å². The summed E-state index contributed by atoms with van der Waals surface area (Å²) in [5, 5.41) is 0. The fourth-order valence-electron chi connectivity index (χ4n) is 0.797. The molecule has 1 aliphatic heterocycles. The minimum atomic E-state index is -0.910. The standard InChI is InChI=1S/C6H8O5/c1-3-4(5(7)9-2)11-6(8)10-3/h3-4H,1-2H3/t3-,4+/m1/s1. The fraction of sp³-hybridized carbons (Fsp3) is 0.667. The average Bonchev–Trinajstić information content (AvgIpc) is 2.28. The molecular weight excluding hydrogens is 152 g/mol. The number of hydrogen-bond acceptors (Lipinski definition) is 5. The Hall–Kier alpha value is -1.26. The third kappa shape index (κ3) is 1.42. The van der Waals surface area contributed by atoms with Gasteiger partial charge in [0.05, 0.1) is 7.11 Å². The summed E-state index contributed by atoms with van der Waals surface area (Å²) in [6.45, 7) is 1.56. The number of rotatable bonds is 1. The number of hydrogen-bond donors (Lipinski definition) is 0. The Labute approximate surface area is 63.2 Å². The highest BCUT2D eigenvalue weighted by Gasteiger charge is 2.39. The number of carbonyl (C=O) groups is 2. The highest BCUT2D eigenvalue weighted by atomic mass is 16.8. The zero-order valence-corrected chi connectivity index (χ0v) is 6.20. The van der Waals surface area contributed by atoms with Crippen LogP contribution >= 0.6 is 0 Å². The lowest BCUT2D eigenvalue weighted by Gasteiger charge is -2.06. The van der Waals surface area contributed by atoms with Crippen molar-refractivity contribution in [1.29, 1.82) is 0 Å². The van der Waals surface area contributed by atoms with Crippen molar-refractivity contribution in [2.24, 2.45) is 0 Å². The largest absolute Gasteiger partial charge is 0.509 e. The summed E-state index contributed by atoms with van der Waals surface area (Å²) in [7, 11) is 1.22. The van der Waals surface area contributed by atoms with Gasteiger partial charge in [0.1, 0.15) is 0 Å². The van der Waals surface area contributed by atoms with Gasteiger partial charge in [-0.2, -0.15) is 0 Å². The molecule has 1 heterocycles. The van der Waals surface area contributed by atoms with E-state index in [1.807, 2.05) is 0 Å². The molecule has 2 atom stereocenters. The molecule has 0 spiro atoms. The van der Waals surface area contributed by atoms with Gasteiger partial charge in [0.15, 0.2) is 6.10 Å². The first-order valence-electron chi connectivity index (χ1n) is 3.10. The molecule has 0 unspecified atom stereocenters. The zero-order valence-electron chi connectivity index (χ0n) is 6.20. The minimum absolute atomic E-state index is 0.560. The van der Waals surface area contributed by atoms with Gasteiger partial charge in [0.2, 0.25) is 6.10 Å². The minimum Gasteiger partial charge on any atom is -0.466 e. The maximum atomic E-state index is 10.8. The van der Waals surface area contributed by atoms with Gasteiger partial charge in [-0.1, -0.05) is 0 Å². The van der Waals surface area contributed by atoms with Gasteiger partial charge < -0.3 is 14.2 Å². The van der Waals surface area contributed by atoms with Crippen molar-refractivity contribution in [3.8, 4) is 0 Å². The van der Waals surface area contributed by atoms with Gasteiger partial charge in [-0.05, 0) is 6.92 Å². The maximum Gasteiger partial charge on any atom is 0.509 e. The van der Waals surface area contributed by atoms with E-state index in [0.29, 0.717) is 0 Å². The van der Waals surface area contributed by atoms with E-state index in [2.05, 4.69) is 14.2 Å². The number of cyclic esters (lactones) is 2. The van der Waals surface area contributed by atoms with Crippen LogP contribution in [0, 0.1) is 0 Å². The molecule has 0 bridgehead atoms. The van der Waals surface area contributed by atoms with E-state index in [-0.39, 0.29) is 0 Å². The van der Waals surface area contributed by atoms with Crippen LogP contribution in [0.3, 0.4) is 0 Å². The predicted molar refractivity (Wildman–Crippen MR) is 32.8 cm³/mol. The molecule has 0 aromatic carbocycles. The smallest absolute Gasteiger partial charge is 0.466 e. The second-order valence-electron chi connectivity index (χ2n) is 2.13. The lowest BCUT2D eigenvalue weighted by atomic mass is 10.2. The highest BCUT2D eigenvalue weighted by Crippen LogP contribution is 2.15. The molecule has 11 heavy (non-hydrogen) atoms. The first kappa shape index (κ1) is 7.84. The molecule has 1 aliphatic rings. The summed E-state index contributed by atoms with van der Waals surface area (Å²) < 4.78 is 13.4. The van der Waals surface area contributed by atoms with Crippen molar-refractivity contribution < 1.29 is 23.8 Å². The molecule has 0 aliphatic carbocycles. The van der Waals surface area contributed by atoms with Gasteiger partial charge in [0, 0.05) is 0 Å². The third-order valence-electron chi connectivity index (χ3n) is 1.37. The maximum absolute atomic E-state index is 10.8. The molecule has 0 N–H and O–H groups in total. The third-order valence-corrected chi connectivity index (χ3v) is 1.37. The Morgan fingerprint density at radius 1 is 1.55 bits per heavy atom. The van der Waals surface area contributed by atoms with Crippen molar-refractivity contribution >= 4 is 12.1 Å². The van der Waals surface area contributed by atoms with Gasteiger partial charge in [-0.3, -0.25) is 0 Å². The second kappa shape index (κ2) is 2.77. The van der Waals surface area contributed by atoms with Gasteiger partial charge >= 0.3 is 12.1 Å². The molecule has 1 saturated heterocycles. The van der Waals surface area contributed by atoms with Crippen molar-refractivity contribution in [2.75, 3.05) is 7.11 Å². The first-order valence-corrected chi connectivity index (χ1v) is 3.10. The Kier molecular flexibility index (Phi) is 1.98. The summed E-state index contributed by atoms with van der Waals surface area (Å²) in [4.78, 5) is 21.2. The summed E-state index contributed by atoms with van der Waals surface area (Å²) in [6.07, 6.45) is -2.30. The van der Waals surface area contributed by atoms with E-state index in [9.17, 15) is 9.59 Å². The Bertz CT molecular complexity index is 187. The van der Waals surface area contributed by atoms with Gasteiger partial charge in [-0.15, -0.1) is 0 Å². The molecule has 1 fully saturated rings. The number of carbonyl (C=O) groups excluding carboxylic acids is 2. The van der Waals surface area contributed by atoms with E-state index in [0.717, 1.165) is 0 Å². The monoisotopic (exact) mass is 160 g/mol. The Morgan fingerprint density at radius 3 is 2.55 bits per heavy atom. The SMILES string of the molecule is COC(=O)[C@H]1OC(=O)O[C@@H]1C. The van der Waals surface area contributed by atoms with Crippen molar-refractivity contribution in [2.45, 2.75) is 19.1 Å². The Morgan fingerprint density at radius 2 is 2.18 bits per heavy atom. The van der Waals surface area contributed by atoms with Crippen LogP contribution in [-0.4, -0.2) is 31.4 Å². The van der Waals surface area contributed by atoms with Crippen molar-refractivity contribution in [3.63, 3.8) is 0 Å². The zero-order chi connectivity index (χ0) is 8.43. The van der Waals surface area contributed by atoms with Crippen LogP contribution in [0.25, 0.3) is 0 Å². The average molecular weight is 160 g/mol. The quantitative estimate of drug-likeness (QED) is 0.508. The van der Waals surface area contributed by atoms with Crippen LogP contribution in [0.15, 0.2) is 0 Å². The molecule has 0 amide bonds. The molecule has 1 rings (SSSR count). The second-order valence-corrected chi connectivity index (χ2v) is 2.13. The molecule has 0 radical (unpaired) electrons. The van der Waals surface area contributed by atoms with E-state index in [4.69, 9.17) is 0 Å². The fourth-order valence-corrected chi connectivity index (χ4v) is 0.797. The number of methoxy groups -OCH3 is 1. The Balaban J connectivity index is 2.59. The van der Waals surface area contributed by atoms with E-state index >= 15 is 0 Å². The van der Waals surface area contributed by atoms with E-state index in [1.54, 1.807) is 6.92 Å². The van der Waals surface area contributed by atoms with Crippen molar-refractivity contribution in [3.05, 3.63) is 0 Å². The lowest BCUT2D eigenvalue weighted by Crippen LogP contribution is -2.30. The molecule has 0 aromatic rings. The molecule has 0 saturated carbocycles. The number of esters is 1. The highest BCUT2D eigenvalue weighted by molar-refractivity contribution is 5.80. The molecule has 5 heteroatoms. The van der Waals surface area contributed by atoms with Crippen LogP contribution in [0.2, 0.25) is 0 Å². The molecule has 0 aromatic heterocycles. The van der Waals surface area contributed by atoms with Crippen LogP contribution in [-0.2, 0) is 19.0 Å². The number of ether oxygens (including phenoxy) is 3. The van der Waals surface area contributed by atoms with Gasteiger partial charge in [0.25, 0.3) is 0 Å². The first-order chi connectivity index (χ1) is 5.15. The molecular formula is C6H8O5. The topological polar surface area (TPSA) is 61.8 Å². The summed E-state index contributed by atoms with van der Waals surface area (Å²) in [5.41, 5.74) is 0. The summed E-state index contributed by atoms with van der Waals surface area (Å²) >= 11 is 0. The molecule has 5 nitrogen and oxygen atoms in total. The van der Waals surface area contributed by atoms with E-state index < -0.39 is 24.3 Å². The summed E-state index contributed by atoms with van der Waals surface area (Å²) in [5.74, 6) is -0.594. The predicted octanol–water partition coefficient (Wildman–Crippen LogP) is 0.0833. The van der Waals surface area contributed by atoms with Crippen LogP contribution in [0.4, 0.5) is 4.79 Å². The van der Waals surface area contributed by atoms with E-state index in [1.165, 1.54) is 7.11 Å². The van der Waals surface area contributed by atoms with Crippen LogP contribution < -0.4 is 0 Å². The normalized spacial score (nSPS) is 29.1. The molecule has 62 valence electrons. The summed E-state index contributed by atoms with van der Waals surface area (Å²) in [6, 6.07) is 0. The lowest BCUT2D eigenvalue weighted by molar-refractivity contribution is -0.150.